The number of hydrogen-bond acceptors (Lipinski definition) is 2. The molecular formula is C20H31BrO2. The zero-order valence-corrected chi connectivity index (χ0v) is 15.9. The lowest BCUT2D eigenvalue weighted by Crippen LogP contribution is -2.49. The van der Waals surface area contributed by atoms with Gasteiger partial charge in [-0.1, -0.05) is 22.9 Å². The Morgan fingerprint density at radius 1 is 1.04 bits per heavy atom. The van der Waals surface area contributed by atoms with Crippen LogP contribution in [0, 0.1) is 40.9 Å². The Hall–Kier alpha value is 0.110. The predicted octanol–water partition coefficient (Wildman–Crippen LogP) is 4.58. The number of hydrogen-bond donors (Lipinski definition) is 1. The molecule has 23 heavy (non-hydrogen) atoms. The van der Waals surface area contributed by atoms with E-state index in [0.29, 0.717) is 17.0 Å². The lowest BCUT2D eigenvalue weighted by molar-refractivity contribution is -0.128. The number of halogens is 1. The molecule has 0 spiro atoms. The van der Waals surface area contributed by atoms with E-state index in [0.717, 1.165) is 48.9 Å². The van der Waals surface area contributed by atoms with E-state index in [1.165, 1.54) is 38.5 Å². The van der Waals surface area contributed by atoms with E-state index < -0.39 is 0 Å². The summed E-state index contributed by atoms with van der Waals surface area (Å²) in [4.78, 5) is 12.4. The Labute approximate surface area is 148 Å². The summed E-state index contributed by atoms with van der Waals surface area (Å²) in [5.74, 6) is 4.93. The second-order valence-corrected chi connectivity index (χ2v) is 9.74. The molecule has 4 aliphatic rings. The Kier molecular flexibility index (Phi) is 4.41. The summed E-state index contributed by atoms with van der Waals surface area (Å²) in [6.07, 6.45) is 11.0. The quantitative estimate of drug-likeness (QED) is 0.709. The van der Waals surface area contributed by atoms with Crippen molar-refractivity contribution in [3.8, 4) is 0 Å². The number of carbonyl (C=O) groups excluding carboxylic acids is 1. The molecule has 0 radical (unpaired) electrons. The average Bonchev–Trinajstić information content (AvgIpc) is 2.90. The highest BCUT2D eigenvalue weighted by molar-refractivity contribution is 9.09. The highest BCUT2D eigenvalue weighted by Crippen LogP contribution is 2.64. The van der Waals surface area contributed by atoms with Crippen molar-refractivity contribution in [1.29, 1.82) is 0 Å². The van der Waals surface area contributed by atoms with Crippen LogP contribution in [0.5, 0.6) is 0 Å². The molecule has 4 fully saturated rings. The van der Waals surface area contributed by atoms with Gasteiger partial charge in [-0.05, 0) is 92.8 Å². The minimum absolute atomic E-state index is 0.0333. The molecule has 1 N–H and O–H groups in total. The number of alkyl halides is 1. The zero-order valence-electron chi connectivity index (χ0n) is 14.3. The van der Waals surface area contributed by atoms with Crippen LogP contribution in [-0.2, 0) is 4.79 Å². The van der Waals surface area contributed by atoms with Crippen LogP contribution in [0.1, 0.15) is 64.7 Å². The van der Waals surface area contributed by atoms with E-state index in [1.807, 2.05) is 0 Å². The molecule has 3 heteroatoms. The molecule has 0 heterocycles. The van der Waals surface area contributed by atoms with Crippen LogP contribution in [0.15, 0.2) is 0 Å². The van der Waals surface area contributed by atoms with E-state index in [9.17, 15) is 9.90 Å². The molecule has 0 aliphatic heterocycles. The summed E-state index contributed by atoms with van der Waals surface area (Å²) in [7, 11) is 0. The summed E-state index contributed by atoms with van der Waals surface area (Å²) >= 11 is 3.41. The third-order valence-electron chi connectivity index (χ3n) is 8.45. The minimum atomic E-state index is -0.0333. The van der Waals surface area contributed by atoms with Crippen molar-refractivity contribution in [2.45, 2.75) is 70.8 Å². The third kappa shape index (κ3) is 2.56. The van der Waals surface area contributed by atoms with Gasteiger partial charge in [0.2, 0.25) is 0 Å². The average molecular weight is 383 g/mol. The summed E-state index contributed by atoms with van der Waals surface area (Å²) in [6, 6.07) is 0. The Morgan fingerprint density at radius 3 is 2.61 bits per heavy atom. The number of carbonyl (C=O) groups is 1. The first-order valence-corrected chi connectivity index (χ1v) is 10.9. The highest BCUT2D eigenvalue weighted by atomic mass is 79.9. The Morgan fingerprint density at radius 2 is 1.83 bits per heavy atom. The van der Waals surface area contributed by atoms with Crippen molar-refractivity contribution < 1.29 is 9.90 Å². The zero-order chi connectivity index (χ0) is 16.2. The highest BCUT2D eigenvalue weighted by Gasteiger charge is 2.58. The van der Waals surface area contributed by atoms with Crippen molar-refractivity contribution in [2.75, 3.05) is 5.33 Å². The number of ketones is 1. The molecule has 0 aromatic rings. The summed E-state index contributed by atoms with van der Waals surface area (Å²) in [5, 5.41) is 10.6. The molecule has 0 amide bonds. The molecule has 4 saturated carbocycles. The fourth-order valence-corrected chi connectivity index (χ4v) is 7.84. The maximum atomic E-state index is 12.4. The number of fused-ring (bicyclic) bond motifs is 5. The second-order valence-electron chi connectivity index (χ2n) is 9.18. The number of rotatable bonds is 2. The van der Waals surface area contributed by atoms with Gasteiger partial charge in [0.05, 0.1) is 11.4 Å². The van der Waals surface area contributed by atoms with Crippen molar-refractivity contribution in [3.63, 3.8) is 0 Å². The van der Waals surface area contributed by atoms with Crippen LogP contribution in [0.2, 0.25) is 0 Å². The molecular weight excluding hydrogens is 352 g/mol. The van der Waals surface area contributed by atoms with Crippen LogP contribution in [0.25, 0.3) is 0 Å². The number of aliphatic hydroxyl groups is 1. The van der Waals surface area contributed by atoms with Crippen molar-refractivity contribution in [3.05, 3.63) is 0 Å². The molecule has 4 aliphatic carbocycles. The van der Waals surface area contributed by atoms with Crippen LogP contribution < -0.4 is 0 Å². The van der Waals surface area contributed by atoms with Gasteiger partial charge in [-0.25, -0.2) is 0 Å². The first-order valence-electron chi connectivity index (χ1n) is 9.81. The normalized spacial score (nSPS) is 52.4. The van der Waals surface area contributed by atoms with Gasteiger partial charge in [0, 0.05) is 5.92 Å². The summed E-state index contributed by atoms with van der Waals surface area (Å²) in [6.45, 7) is 2.43. The maximum absolute atomic E-state index is 12.4. The Bertz CT molecular complexity index is 478. The van der Waals surface area contributed by atoms with E-state index in [-0.39, 0.29) is 11.5 Å². The molecule has 0 bridgehead atoms. The lowest BCUT2D eigenvalue weighted by Gasteiger charge is -2.56. The molecule has 0 aromatic carbocycles. The Balaban J connectivity index is 1.55. The largest absolute Gasteiger partial charge is 0.393 e. The number of aliphatic hydroxyl groups excluding tert-OH is 1. The fraction of sp³-hybridized carbons (Fsp3) is 0.950. The molecule has 0 aromatic heterocycles. The van der Waals surface area contributed by atoms with Crippen LogP contribution in [-0.4, -0.2) is 22.3 Å². The number of Topliss-reactive ketones (excluding diaryl/α,β-unsaturated/α-hetero) is 1. The van der Waals surface area contributed by atoms with E-state index in [2.05, 4.69) is 22.9 Å². The van der Waals surface area contributed by atoms with Crippen LogP contribution >= 0.6 is 15.9 Å². The molecule has 4 rings (SSSR count). The smallest absolute Gasteiger partial charge is 0.147 e. The van der Waals surface area contributed by atoms with Gasteiger partial charge in [-0.3, -0.25) is 4.79 Å². The van der Waals surface area contributed by atoms with E-state index >= 15 is 0 Å². The second kappa shape index (κ2) is 6.12. The van der Waals surface area contributed by atoms with Crippen molar-refractivity contribution in [1.82, 2.24) is 0 Å². The fourth-order valence-electron chi connectivity index (χ4n) is 7.45. The molecule has 130 valence electrons. The lowest BCUT2D eigenvalue weighted by atomic mass is 9.49. The molecule has 0 saturated heterocycles. The maximum Gasteiger partial charge on any atom is 0.147 e. The molecule has 8 atom stereocenters. The van der Waals surface area contributed by atoms with Gasteiger partial charge in [-0.2, -0.15) is 0 Å². The summed E-state index contributed by atoms with van der Waals surface area (Å²) < 4.78 is 0. The monoisotopic (exact) mass is 382 g/mol. The summed E-state index contributed by atoms with van der Waals surface area (Å²) in [5.41, 5.74) is 0.271. The standard InChI is InChI=1S/C20H31BrO2/c1-20-9-8-15-14-5-3-13(22)10-12(14)2-4-16(15)17(20)6-7-18(20)19(23)11-21/h12-18,22H,2-11H2,1H3/t12?,13?,14-,15?,16+,17?,18?,20?/m0/s1. The third-order valence-corrected chi connectivity index (χ3v) is 9.00. The van der Waals surface area contributed by atoms with E-state index in [4.69, 9.17) is 0 Å². The first kappa shape index (κ1) is 16.6. The van der Waals surface area contributed by atoms with Crippen molar-refractivity contribution >= 4 is 21.7 Å². The van der Waals surface area contributed by atoms with Gasteiger partial charge < -0.3 is 5.11 Å². The van der Waals surface area contributed by atoms with E-state index in [1.54, 1.807) is 0 Å². The van der Waals surface area contributed by atoms with Crippen LogP contribution in [0.3, 0.4) is 0 Å². The minimum Gasteiger partial charge on any atom is -0.393 e. The molecule has 2 nitrogen and oxygen atoms in total. The van der Waals surface area contributed by atoms with Gasteiger partial charge >= 0.3 is 0 Å². The molecule has 6 unspecified atom stereocenters. The van der Waals surface area contributed by atoms with Gasteiger partial charge in [0.25, 0.3) is 0 Å². The van der Waals surface area contributed by atoms with Gasteiger partial charge in [0.15, 0.2) is 0 Å². The van der Waals surface area contributed by atoms with Gasteiger partial charge in [-0.15, -0.1) is 0 Å². The van der Waals surface area contributed by atoms with Crippen molar-refractivity contribution in [2.24, 2.45) is 40.9 Å². The SMILES string of the molecule is CC12CCC3[C@@H](CCC4CC(O)CC[C@@H]43)C1CCC2C(=O)CBr. The van der Waals surface area contributed by atoms with Crippen LogP contribution in [0.4, 0.5) is 0 Å². The van der Waals surface area contributed by atoms with Gasteiger partial charge in [0.1, 0.15) is 5.78 Å². The predicted molar refractivity (Wildman–Crippen MR) is 95.4 cm³/mol. The first-order chi connectivity index (χ1) is 11.0. The topological polar surface area (TPSA) is 37.3 Å².